The Morgan fingerprint density at radius 1 is 1.14 bits per heavy atom. The third kappa shape index (κ3) is 5.43. The van der Waals surface area contributed by atoms with Crippen molar-refractivity contribution in [3.63, 3.8) is 0 Å². The minimum absolute atomic E-state index is 0.0454. The van der Waals surface area contributed by atoms with Gasteiger partial charge in [-0.2, -0.15) is 0 Å². The molecule has 3 rings (SSSR count). The number of benzene rings is 3. The molecule has 3 aromatic rings. The molecule has 0 aliphatic heterocycles. The largest absolute Gasteiger partial charge is 0.493 e. The monoisotopic (exact) mass is 475 g/mol. The van der Waals surface area contributed by atoms with E-state index in [1.54, 1.807) is 19.2 Å². The van der Waals surface area contributed by atoms with Crippen LogP contribution in [0.1, 0.15) is 21.5 Å². The van der Waals surface area contributed by atoms with Crippen molar-refractivity contribution in [1.82, 2.24) is 0 Å². The molecule has 2 N–H and O–H groups in total. The first-order valence-corrected chi connectivity index (χ1v) is 9.95. The molecule has 7 heteroatoms. The quantitative estimate of drug-likeness (QED) is 0.417. The molecule has 0 heterocycles. The van der Waals surface area contributed by atoms with E-state index in [4.69, 9.17) is 21.1 Å². The number of aromatic carboxylic acids is 1. The van der Waals surface area contributed by atoms with Crippen LogP contribution in [0.5, 0.6) is 11.5 Å². The fraction of sp³-hybridized carbons (Fsp3) is 0.136. The summed E-state index contributed by atoms with van der Waals surface area (Å²) in [6.45, 7) is 0.802. The topological polar surface area (TPSA) is 67.8 Å². The second-order valence-electron chi connectivity index (χ2n) is 6.22. The standard InChI is InChI=1S/C22H19BrClNO4/c1-28-20-10-16(23)9-15(21(20)29-13-14-5-3-2-4-6-14)12-25-17-7-8-19(24)18(11-17)22(26)27/h2-11,25H,12-13H2,1H3,(H,26,27). The van der Waals surface area contributed by atoms with Gasteiger partial charge in [0.05, 0.1) is 17.7 Å². The van der Waals surface area contributed by atoms with Crippen molar-refractivity contribution in [3.8, 4) is 11.5 Å². The predicted octanol–water partition coefficient (Wildman–Crippen LogP) is 6.00. The highest BCUT2D eigenvalue weighted by Gasteiger charge is 2.14. The molecule has 0 aliphatic rings. The molecule has 0 aliphatic carbocycles. The van der Waals surface area contributed by atoms with E-state index in [0.717, 1.165) is 15.6 Å². The van der Waals surface area contributed by atoms with Gasteiger partial charge < -0.3 is 19.9 Å². The lowest BCUT2D eigenvalue weighted by Crippen LogP contribution is -2.06. The number of halogens is 2. The molecule has 150 valence electrons. The molecule has 0 saturated heterocycles. The zero-order valence-electron chi connectivity index (χ0n) is 15.6. The molecule has 0 atom stereocenters. The van der Waals surface area contributed by atoms with Gasteiger partial charge in [0.25, 0.3) is 0 Å². The zero-order valence-corrected chi connectivity index (χ0v) is 18.0. The Morgan fingerprint density at radius 2 is 1.90 bits per heavy atom. The molecule has 0 amide bonds. The van der Waals surface area contributed by atoms with Crippen molar-refractivity contribution in [1.29, 1.82) is 0 Å². The van der Waals surface area contributed by atoms with Crippen molar-refractivity contribution >= 4 is 39.2 Å². The molecule has 3 aromatic carbocycles. The number of rotatable bonds is 8. The first-order valence-electron chi connectivity index (χ1n) is 8.77. The van der Waals surface area contributed by atoms with Crippen molar-refractivity contribution in [2.24, 2.45) is 0 Å². The van der Waals surface area contributed by atoms with Crippen LogP contribution in [0.25, 0.3) is 0 Å². The van der Waals surface area contributed by atoms with Crippen LogP contribution in [-0.4, -0.2) is 18.2 Å². The van der Waals surface area contributed by atoms with Gasteiger partial charge in [0.2, 0.25) is 0 Å². The Kier molecular flexibility index (Phi) is 7.01. The van der Waals surface area contributed by atoms with Gasteiger partial charge in [0.1, 0.15) is 6.61 Å². The van der Waals surface area contributed by atoms with Crippen LogP contribution in [0, 0.1) is 0 Å². The Morgan fingerprint density at radius 3 is 2.59 bits per heavy atom. The van der Waals surface area contributed by atoms with Gasteiger partial charge >= 0.3 is 5.97 Å². The number of carboxylic acids is 1. The molecule has 29 heavy (non-hydrogen) atoms. The molecule has 0 unspecified atom stereocenters. The van der Waals surface area contributed by atoms with Gasteiger partial charge in [-0.1, -0.05) is 57.9 Å². The fourth-order valence-corrected chi connectivity index (χ4v) is 3.48. The van der Waals surface area contributed by atoms with Gasteiger partial charge in [-0.05, 0) is 35.9 Å². The molecule has 0 saturated carbocycles. The van der Waals surface area contributed by atoms with Gasteiger partial charge in [-0.3, -0.25) is 0 Å². The second kappa shape index (κ2) is 9.67. The van der Waals surface area contributed by atoms with Crippen LogP contribution in [0.2, 0.25) is 5.02 Å². The number of anilines is 1. The SMILES string of the molecule is COc1cc(Br)cc(CNc2ccc(Cl)c(C(=O)O)c2)c1OCc1ccccc1. The summed E-state index contributed by atoms with van der Waals surface area (Å²) in [5.41, 5.74) is 2.59. The van der Waals surface area contributed by atoms with Gasteiger partial charge in [0, 0.05) is 22.3 Å². The Labute approximate surface area is 182 Å². The van der Waals surface area contributed by atoms with E-state index in [1.165, 1.54) is 6.07 Å². The van der Waals surface area contributed by atoms with E-state index in [9.17, 15) is 9.90 Å². The summed E-state index contributed by atoms with van der Waals surface area (Å²) in [5, 5.41) is 12.7. The lowest BCUT2D eigenvalue weighted by atomic mass is 10.1. The number of carboxylic acid groups (broad SMARTS) is 1. The van der Waals surface area contributed by atoms with Gasteiger partial charge in [-0.25, -0.2) is 4.79 Å². The first-order chi connectivity index (χ1) is 14.0. The number of hydrogen-bond acceptors (Lipinski definition) is 4. The van der Waals surface area contributed by atoms with Crippen LogP contribution in [-0.2, 0) is 13.2 Å². The maximum absolute atomic E-state index is 11.3. The second-order valence-corrected chi connectivity index (χ2v) is 7.55. The summed E-state index contributed by atoms with van der Waals surface area (Å²) in [7, 11) is 1.59. The third-order valence-corrected chi connectivity index (χ3v) is 5.01. The highest BCUT2D eigenvalue weighted by atomic mass is 79.9. The highest BCUT2D eigenvalue weighted by molar-refractivity contribution is 9.10. The molecule has 5 nitrogen and oxygen atoms in total. The van der Waals surface area contributed by atoms with Gasteiger partial charge in [0.15, 0.2) is 11.5 Å². The van der Waals surface area contributed by atoms with E-state index in [-0.39, 0.29) is 10.6 Å². The van der Waals surface area contributed by atoms with E-state index < -0.39 is 5.97 Å². The minimum atomic E-state index is -1.07. The molecule has 0 fully saturated rings. The maximum atomic E-state index is 11.3. The molecule has 0 spiro atoms. The molecule has 0 aromatic heterocycles. The average molecular weight is 477 g/mol. The maximum Gasteiger partial charge on any atom is 0.337 e. The van der Waals surface area contributed by atoms with Crippen LogP contribution in [0.3, 0.4) is 0 Å². The smallest absolute Gasteiger partial charge is 0.337 e. The van der Waals surface area contributed by atoms with E-state index in [0.29, 0.717) is 30.3 Å². The third-order valence-electron chi connectivity index (χ3n) is 4.22. The van der Waals surface area contributed by atoms with Gasteiger partial charge in [-0.15, -0.1) is 0 Å². The minimum Gasteiger partial charge on any atom is -0.493 e. The summed E-state index contributed by atoms with van der Waals surface area (Å²) < 4.78 is 12.4. The molecule has 0 radical (unpaired) electrons. The number of methoxy groups -OCH3 is 1. The summed E-state index contributed by atoms with van der Waals surface area (Å²) in [5.74, 6) is 0.156. The Balaban J connectivity index is 1.83. The van der Waals surface area contributed by atoms with Crippen molar-refractivity contribution in [3.05, 3.63) is 86.8 Å². The van der Waals surface area contributed by atoms with Crippen molar-refractivity contribution < 1.29 is 19.4 Å². The summed E-state index contributed by atoms with van der Waals surface area (Å²) in [6.07, 6.45) is 0. The average Bonchev–Trinajstić information content (AvgIpc) is 2.72. The van der Waals surface area contributed by atoms with Crippen LogP contribution in [0.15, 0.2) is 65.1 Å². The summed E-state index contributed by atoms with van der Waals surface area (Å²) >= 11 is 9.43. The molecular formula is C22H19BrClNO4. The van der Waals surface area contributed by atoms with Crippen LogP contribution < -0.4 is 14.8 Å². The van der Waals surface area contributed by atoms with E-state index in [2.05, 4.69) is 21.2 Å². The molecular weight excluding hydrogens is 458 g/mol. The normalized spacial score (nSPS) is 10.4. The van der Waals surface area contributed by atoms with E-state index in [1.807, 2.05) is 42.5 Å². The number of hydrogen-bond donors (Lipinski definition) is 2. The Bertz CT molecular complexity index is 1010. The van der Waals surface area contributed by atoms with E-state index >= 15 is 0 Å². The van der Waals surface area contributed by atoms with Crippen molar-refractivity contribution in [2.75, 3.05) is 12.4 Å². The Hall–Kier alpha value is -2.70. The number of nitrogens with one attached hydrogen (secondary N) is 1. The predicted molar refractivity (Wildman–Crippen MR) is 117 cm³/mol. The lowest BCUT2D eigenvalue weighted by molar-refractivity contribution is 0.0697. The van der Waals surface area contributed by atoms with Crippen LogP contribution >= 0.6 is 27.5 Å². The van der Waals surface area contributed by atoms with Crippen molar-refractivity contribution in [2.45, 2.75) is 13.2 Å². The summed E-state index contributed by atoms with van der Waals surface area (Å²) in [6, 6.07) is 18.4. The lowest BCUT2D eigenvalue weighted by Gasteiger charge is -2.17. The first kappa shape index (κ1) is 21.0. The highest BCUT2D eigenvalue weighted by Crippen LogP contribution is 2.36. The zero-order chi connectivity index (χ0) is 20.8. The van der Waals surface area contributed by atoms with Crippen LogP contribution in [0.4, 0.5) is 5.69 Å². The fourth-order valence-electron chi connectivity index (χ4n) is 2.80. The number of ether oxygens (including phenoxy) is 2. The number of carbonyl (C=O) groups is 1. The summed E-state index contributed by atoms with van der Waals surface area (Å²) in [4.78, 5) is 11.3. The molecule has 0 bridgehead atoms.